The average molecular weight is 274 g/mol. The van der Waals surface area contributed by atoms with Crippen LogP contribution in [0.25, 0.3) is 0 Å². The molecule has 0 saturated heterocycles. The molecule has 0 rings (SSSR count). The van der Waals surface area contributed by atoms with E-state index in [2.05, 4.69) is 24.3 Å². The first-order valence-corrected chi connectivity index (χ1v) is 8.30. The Morgan fingerprint density at radius 3 is 1.25 bits per heavy atom. The summed E-state index contributed by atoms with van der Waals surface area (Å²) < 4.78 is 0. The van der Waals surface area contributed by atoms with Crippen molar-refractivity contribution in [1.29, 1.82) is 10.5 Å². The first kappa shape index (κ1) is 18.7. The van der Waals surface area contributed by atoms with Gasteiger partial charge in [-0.25, -0.2) is 0 Å². The van der Waals surface area contributed by atoms with E-state index in [-0.39, 0.29) is 0 Å². The maximum Gasteiger partial charge on any atom is 0.0621 e. The largest absolute Gasteiger partial charge is 0.198 e. The molecule has 0 aliphatic rings. The quantitative estimate of drug-likeness (QED) is 0.286. The van der Waals surface area contributed by atoms with E-state index >= 15 is 0 Å². The molecule has 0 N–H and O–H groups in total. The molecule has 0 atom stereocenters. The fraction of sp³-hybridized carbons (Fsp3) is 0.778. The second kappa shape index (κ2) is 17.7. The highest BCUT2D eigenvalue weighted by Gasteiger charge is 1.90. The van der Waals surface area contributed by atoms with Gasteiger partial charge in [-0.15, -0.1) is 0 Å². The second-order valence-corrected chi connectivity index (χ2v) is 5.40. The van der Waals surface area contributed by atoms with Crippen molar-refractivity contribution in [3.05, 3.63) is 12.2 Å². The van der Waals surface area contributed by atoms with Crippen LogP contribution in [0.5, 0.6) is 0 Å². The Balaban J connectivity index is 3.06. The molecular formula is C18H30N2. The predicted molar refractivity (Wildman–Crippen MR) is 85.0 cm³/mol. The molecule has 0 spiro atoms. The fourth-order valence-corrected chi connectivity index (χ4v) is 2.23. The van der Waals surface area contributed by atoms with E-state index < -0.39 is 0 Å². The molecule has 0 aliphatic carbocycles. The number of hydrogen-bond donors (Lipinski definition) is 0. The molecule has 0 radical (unpaired) electrons. The minimum Gasteiger partial charge on any atom is -0.198 e. The van der Waals surface area contributed by atoms with Crippen LogP contribution in [0, 0.1) is 22.7 Å². The Kier molecular flexibility index (Phi) is 16.6. The van der Waals surface area contributed by atoms with E-state index in [1.54, 1.807) is 0 Å². The lowest BCUT2D eigenvalue weighted by atomic mass is 10.1. The lowest BCUT2D eigenvalue weighted by Crippen LogP contribution is -1.79. The van der Waals surface area contributed by atoms with Crippen molar-refractivity contribution < 1.29 is 0 Å². The van der Waals surface area contributed by atoms with Crippen LogP contribution in [0.2, 0.25) is 0 Å². The molecule has 0 saturated carbocycles. The standard InChI is InChI=1S/C18H30N2/c19-17-15-13-11-9-7-5-3-1-2-4-6-8-10-12-14-16-18-20/h1-2H,3-16H2. The smallest absolute Gasteiger partial charge is 0.0621 e. The molecule has 0 aromatic heterocycles. The number of nitriles is 2. The van der Waals surface area contributed by atoms with E-state index in [9.17, 15) is 0 Å². The molecular weight excluding hydrogens is 244 g/mol. The first-order valence-electron chi connectivity index (χ1n) is 8.30. The van der Waals surface area contributed by atoms with Crippen LogP contribution in [0.1, 0.15) is 89.9 Å². The summed E-state index contributed by atoms with van der Waals surface area (Å²) in [5.74, 6) is 0. The Bertz CT molecular complexity index is 264. The third kappa shape index (κ3) is 16.7. The van der Waals surface area contributed by atoms with Crippen molar-refractivity contribution in [1.82, 2.24) is 0 Å². The fourth-order valence-electron chi connectivity index (χ4n) is 2.23. The minimum atomic E-state index is 0.719. The number of allylic oxidation sites excluding steroid dienone is 2. The molecule has 2 nitrogen and oxygen atoms in total. The molecule has 0 amide bonds. The van der Waals surface area contributed by atoms with Gasteiger partial charge < -0.3 is 0 Å². The Morgan fingerprint density at radius 1 is 0.500 bits per heavy atom. The monoisotopic (exact) mass is 274 g/mol. The summed E-state index contributed by atoms with van der Waals surface area (Å²) in [5, 5.41) is 16.8. The van der Waals surface area contributed by atoms with Gasteiger partial charge in [0.15, 0.2) is 0 Å². The lowest BCUT2D eigenvalue weighted by molar-refractivity contribution is 0.618. The van der Waals surface area contributed by atoms with Crippen LogP contribution >= 0.6 is 0 Å². The van der Waals surface area contributed by atoms with Crippen molar-refractivity contribution in [3.8, 4) is 12.1 Å². The van der Waals surface area contributed by atoms with Gasteiger partial charge in [0.2, 0.25) is 0 Å². The molecule has 2 heteroatoms. The molecule has 0 aromatic carbocycles. The highest BCUT2D eigenvalue weighted by molar-refractivity contribution is 4.81. The average Bonchev–Trinajstić information content (AvgIpc) is 2.47. The van der Waals surface area contributed by atoms with Crippen LogP contribution in [-0.4, -0.2) is 0 Å². The topological polar surface area (TPSA) is 47.6 Å². The van der Waals surface area contributed by atoms with Gasteiger partial charge in [0, 0.05) is 12.8 Å². The molecule has 20 heavy (non-hydrogen) atoms. The summed E-state index contributed by atoms with van der Waals surface area (Å²) in [6, 6.07) is 4.38. The van der Waals surface area contributed by atoms with E-state index in [0.29, 0.717) is 0 Å². The third-order valence-electron chi connectivity index (χ3n) is 3.49. The maximum absolute atomic E-state index is 8.41. The maximum atomic E-state index is 8.41. The third-order valence-corrected chi connectivity index (χ3v) is 3.49. The molecule has 0 unspecified atom stereocenters. The summed E-state index contributed by atoms with van der Waals surface area (Å²) in [6.07, 6.45) is 20.8. The van der Waals surface area contributed by atoms with Gasteiger partial charge in [0.05, 0.1) is 12.1 Å². The molecule has 0 fully saturated rings. The zero-order valence-electron chi connectivity index (χ0n) is 12.9. The highest BCUT2D eigenvalue weighted by Crippen LogP contribution is 2.09. The van der Waals surface area contributed by atoms with Crippen molar-refractivity contribution in [3.63, 3.8) is 0 Å². The van der Waals surface area contributed by atoms with E-state index in [1.165, 1.54) is 64.2 Å². The number of nitrogens with zero attached hydrogens (tertiary/aromatic N) is 2. The Hall–Kier alpha value is -1.28. The summed E-state index contributed by atoms with van der Waals surface area (Å²) in [4.78, 5) is 0. The predicted octanol–water partition coefficient (Wildman–Crippen LogP) is 6.05. The molecule has 0 aliphatic heterocycles. The Labute approximate surface area is 125 Å². The lowest BCUT2D eigenvalue weighted by Gasteiger charge is -1.98. The van der Waals surface area contributed by atoms with Crippen LogP contribution in [0.15, 0.2) is 12.2 Å². The normalized spacial score (nSPS) is 10.5. The molecule has 0 bridgehead atoms. The molecule has 0 aromatic rings. The van der Waals surface area contributed by atoms with E-state index in [0.717, 1.165) is 25.7 Å². The number of hydrogen-bond acceptors (Lipinski definition) is 2. The number of unbranched alkanes of at least 4 members (excludes halogenated alkanes) is 12. The second-order valence-electron chi connectivity index (χ2n) is 5.40. The zero-order chi connectivity index (χ0) is 14.7. The minimum absolute atomic E-state index is 0.719. The molecule has 112 valence electrons. The Morgan fingerprint density at radius 2 is 0.850 bits per heavy atom. The van der Waals surface area contributed by atoms with E-state index in [1.807, 2.05) is 0 Å². The van der Waals surface area contributed by atoms with Gasteiger partial charge in [-0.2, -0.15) is 10.5 Å². The van der Waals surface area contributed by atoms with Crippen molar-refractivity contribution in [2.45, 2.75) is 89.9 Å². The van der Waals surface area contributed by atoms with E-state index in [4.69, 9.17) is 10.5 Å². The molecule has 0 heterocycles. The van der Waals surface area contributed by atoms with Gasteiger partial charge in [0.25, 0.3) is 0 Å². The van der Waals surface area contributed by atoms with Gasteiger partial charge >= 0.3 is 0 Å². The first-order chi connectivity index (χ1) is 9.91. The summed E-state index contributed by atoms with van der Waals surface area (Å²) in [7, 11) is 0. The summed E-state index contributed by atoms with van der Waals surface area (Å²) >= 11 is 0. The number of rotatable bonds is 14. The van der Waals surface area contributed by atoms with Crippen LogP contribution in [0.3, 0.4) is 0 Å². The van der Waals surface area contributed by atoms with Crippen molar-refractivity contribution in [2.24, 2.45) is 0 Å². The van der Waals surface area contributed by atoms with Crippen molar-refractivity contribution >= 4 is 0 Å². The summed E-state index contributed by atoms with van der Waals surface area (Å²) in [5.41, 5.74) is 0. The zero-order valence-corrected chi connectivity index (χ0v) is 12.9. The van der Waals surface area contributed by atoms with Crippen LogP contribution < -0.4 is 0 Å². The van der Waals surface area contributed by atoms with Crippen molar-refractivity contribution in [2.75, 3.05) is 0 Å². The van der Waals surface area contributed by atoms with Gasteiger partial charge in [0.1, 0.15) is 0 Å². The highest BCUT2D eigenvalue weighted by atomic mass is 14.2. The van der Waals surface area contributed by atoms with Gasteiger partial charge in [-0.1, -0.05) is 50.7 Å². The van der Waals surface area contributed by atoms with Crippen LogP contribution in [-0.2, 0) is 0 Å². The van der Waals surface area contributed by atoms with Crippen LogP contribution in [0.4, 0.5) is 0 Å². The van der Waals surface area contributed by atoms with Gasteiger partial charge in [-0.05, 0) is 38.5 Å². The van der Waals surface area contributed by atoms with Gasteiger partial charge in [-0.3, -0.25) is 0 Å². The summed E-state index contributed by atoms with van der Waals surface area (Å²) in [6.45, 7) is 0. The SMILES string of the molecule is N#CCCCCCCCC=CCCCCCCCC#N.